The predicted molar refractivity (Wildman–Crippen MR) is 77.9 cm³/mol. The molecule has 1 aliphatic heterocycles. The highest BCUT2D eigenvalue weighted by Crippen LogP contribution is 2.21. The van der Waals surface area contributed by atoms with Gasteiger partial charge in [0.05, 0.1) is 18.8 Å². The van der Waals surface area contributed by atoms with E-state index in [4.69, 9.17) is 4.74 Å². The Morgan fingerprint density at radius 1 is 1.19 bits per heavy atom. The molecule has 5 heteroatoms. The second-order valence-corrected chi connectivity index (χ2v) is 5.78. The first kappa shape index (κ1) is 16.4. The quantitative estimate of drug-likeness (QED) is 0.621. The van der Waals surface area contributed by atoms with Crippen LogP contribution in [0.4, 0.5) is 0 Å². The van der Waals surface area contributed by atoms with E-state index in [-0.39, 0.29) is 13.0 Å². The molecule has 5 atom stereocenters. The number of ether oxygens (including phenoxy) is 1. The average molecular weight is 296 g/mol. The minimum atomic E-state index is -1.22. The van der Waals surface area contributed by atoms with E-state index in [2.05, 4.69) is 0 Å². The first-order valence-corrected chi connectivity index (χ1v) is 7.37. The number of aliphatic hydroxyl groups is 4. The molecule has 0 aromatic heterocycles. The van der Waals surface area contributed by atoms with Crippen LogP contribution in [0.2, 0.25) is 0 Å². The molecule has 0 unspecified atom stereocenters. The maximum absolute atomic E-state index is 10.1. The summed E-state index contributed by atoms with van der Waals surface area (Å²) in [5.74, 6) is 0. The first-order chi connectivity index (χ1) is 9.99. The average Bonchev–Trinajstić information content (AvgIpc) is 2.47. The Morgan fingerprint density at radius 2 is 1.90 bits per heavy atom. The molecule has 0 aliphatic carbocycles. The van der Waals surface area contributed by atoms with Crippen LogP contribution in [0.25, 0.3) is 0 Å². The molecule has 1 fully saturated rings. The molecule has 21 heavy (non-hydrogen) atoms. The van der Waals surface area contributed by atoms with Crippen LogP contribution >= 0.6 is 0 Å². The molecule has 0 spiro atoms. The first-order valence-electron chi connectivity index (χ1n) is 7.37. The Balaban J connectivity index is 1.82. The number of rotatable bonds is 5. The van der Waals surface area contributed by atoms with Crippen LogP contribution in [0, 0.1) is 6.92 Å². The van der Waals surface area contributed by atoms with E-state index in [0.29, 0.717) is 6.42 Å². The van der Waals surface area contributed by atoms with Crippen LogP contribution in [0.3, 0.4) is 0 Å². The van der Waals surface area contributed by atoms with Gasteiger partial charge in [-0.05, 0) is 30.9 Å². The van der Waals surface area contributed by atoms with Crippen molar-refractivity contribution in [2.45, 2.75) is 56.7 Å². The van der Waals surface area contributed by atoms with E-state index in [9.17, 15) is 20.4 Å². The Morgan fingerprint density at radius 3 is 2.62 bits per heavy atom. The Hall–Kier alpha value is -0.980. The van der Waals surface area contributed by atoms with Gasteiger partial charge in [0, 0.05) is 6.42 Å². The van der Waals surface area contributed by atoms with Crippen molar-refractivity contribution in [2.24, 2.45) is 0 Å². The molecule has 0 saturated carbocycles. The molecule has 1 aromatic carbocycles. The van der Waals surface area contributed by atoms with Gasteiger partial charge in [-0.2, -0.15) is 0 Å². The van der Waals surface area contributed by atoms with Crippen molar-refractivity contribution in [1.29, 1.82) is 0 Å². The van der Waals surface area contributed by atoms with Crippen molar-refractivity contribution >= 4 is 0 Å². The highest BCUT2D eigenvalue weighted by Gasteiger charge is 2.38. The van der Waals surface area contributed by atoms with E-state index in [1.54, 1.807) is 0 Å². The summed E-state index contributed by atoms with van der Waals surface area (Å²) in [5.41, 5.74) is 2.38. The summed E-state index contributed by atoms with van der Waals surface area (Å²) in [5, 5.41) is 38.9. The molecule has 1 saturated heterocycles. The lowest BCUT2D eigenvalue weighted by Crippen LogP contribution is -2.53. The lowest BCUT2D eigenvalue weighted by molar-refractivity contribution is -0.193. The number of aliphatic hydroxyl groups excluding tert-OH is 4. The van der Waals surface area contributed by atoms with Crippen LogP contribution < -0.4 is 0 Å². The summed E-state index contributed by atoms with van der Waals surface area (Å²) >= 11 is 0. The number of aryl methyl sites for hydroxylation is 2. The molecule has 0 bridgehead atoms. The zero-order valence-corrected chi connectivity index (χ0v) is 12.2. The summed E-state index contributed by atoms with van der Waals surface area (Å²) in [6, 6.07) is 8.02. The standard InChI is InChI=1S/C16H24O5/c1-10-4-2-3-5-11(10)6-7-12(17)8-14-16(20)15(19)13(18)9-21-14/h2-5,12-20H,6-9H2,1H3/t12-,13-,14+,15+,16+/m1/s1. The fourth-order valence-electron chi connectivity index (χ4n) is 2.67. The number of hydrogen-bond acceptors (Lipinski definition) is 5. The van der Waals surface area contributed by atoms with Gasteiger partial charge < -0.3 is 25.2 Å². The summed E-state index contributed by atoms with van der Waals surface area (Å²) < 4.78 is 5.30. The van der Waals surface area contributed by atoms with E-state index in [0.717, 1.165) is 6.42 Å². The predicted octanol–water partition coefficient (Wildman–Crippen LogP) is 0.160. The lowest BCUT2D eigenvalue weighted by Gasteiger charge is -2.36. The minimum Gasteiger partial charge on any atom is -0.393 e. The van der Waals surface area contributed by atoms with Gasteiger partial charge in [0.15, 0.2) is 0 Å². The van der Waals surface area contributed by atoms with Crippen LogP contribution in [-0.2, 0) is 11.2 Å². The molecular formula is C16H24O5. The van der Waals surface area contributed by atoms with Gasteiger partial charge in [0.25, 0.3) is 0 Å². The minimum absolute atomic E-state index is 0.0204. The van der Waals surface area contributed by atoms with E-state index >= 15 is 0 Å². The number of hydrogen-bond donors (Lipinski definition) is 4. The molecule has 5 nitrogen and oxygen atoms in total. The molecule has 1 heterocycles. The highest BCUT2D eigenvalue weighted by atomic mass is 16.5. The molecule has 0 amide bonds. The maximum atomic E-state index is 10.1. The van der Waals surface area contributed by atoms with Crippen molar-refractivity contribution in [1.82, 2.24) is 0 Å². The molecule has 2 rings (SSSR count). The van der Waals surface area contributed by atoms with Crippen molar-refractivity contribution in [2.75, 3.05) is 6.61 Å². The maximum Gasteiger partial charge on any atom is 0.111 e. The zero-order chi connectivity index (χ0) is 15.4. The normalized spacial score (nSPS) is 31.1. The second kappa shape index (κ2) is 7.33. The summed E-state index contributed by atoms with van der Waals surface area (Å²) in [4.78, 5) is 0. The SMILES string of the molecule is Cc1ccccc1CC[C@@H](O)C[C@@H]1OC[C@@H](O)[C@H](O)[C@H]1O. The lowest BCUT2D eigenvalue weighted by atomic mass is 9.93. The third kappa shape index (κ3) is 4.25. The molecule has 0 radical (unpaired) electrons. The third-order valence-corrected chi connectivity index (χ3v) is 4.12. The van der Waals surface area contributed by atoms with Crippen molar-refractivity contribution in [3.63, 3.8) is 0 Å². The van der Waals surface area contributed by atoms with Gasteiger partial charge in [-0.1, -0.05) is 24.3 Å². The smallest absolute Gasteiger partial charge is 0.111 e. The van der Waals surface area contributed by atoms with Crippen molar-refractivity contribution in [3.8, 4) is 0 Å². The van der Waals surface area contributed by atoms with Crippen molar-refractivity contribution < 1.29 is 25.2 Å². The Kier molecular flexibility index (Phi) is 5.72. The second-order valence-electron chi connectivity index (χ2n) is 5.78. The van der Waals surface area contributed by atoms with Gasteiger partial charge in [-0.15, -0.1) is 0 Å². The fraction of sp³-hybridized carbons (Fsp3) is 0.625. The van der Waals surface area contributed by atoms with E-state index in [1.165, 1.54) is 11.1 Å². The van der Waals surface area contributed by atoms with Crippen LogP contribution in [0.1, 0.15) is 24.0 Å². The van der Waals surface area contributed by atoms with Crippen LogP contribution in [0.15, 0.2) is 24.3 Å². The largest absolute Gasteiger partial charge is 0.393 e. The van der Waals surface area contributed by atoms with E-state index < -0.39 is 30.5 Å². The van der Waals surface area contributed by atoms with Crippen molar-refractivity contribution in [3.05, 3.63) is 35.4 Å². The molecule has 118 valence electrons. The van der Waals surface area contributed by atoms with E-state index in [1.807, 2.05) is 31.2 Å². The third-order valence-electron chi connectivity index (χ3n) is 4.12. The Bertz CT molecular complexity index is 450. The molecule has 4 N–H and O–H groups in total. The van der Waals surface area contributed by atoms with Crippen LogP contribution in [0.5, 0.6) is 0 Å². The number of benzene rings is 1. The van der Waals surface area contributed by atoms with Gasteiger partial charge in [0.2, 0.25) is 0 Å². The summed E-state index contributed by atoms with van der Waals surface area (Å²) in [6.07, 6.45) is -3.15. The fourth-order valence-corrected chi connectivity index (χ4v) is 2.67. The highest BCUT2D eigenvalue weighted by molar-refractivity contribution is 5.25. The van der Waals surface area contributed by atoms with Crippen LogP contribution in [-0.4, -0.2) is 57.6 Å². The molecule has 1 aliphatic rings. The summed E-state index contributed by atoms with van der Waals surface area (Å²) in [6.45, 7) is 2.01. The van der Waals surface area contributed by atoms with Gasteiger partial charge in [-0.25, -0.2) is 0 Å². The molecular weight excluding hydrogens is 272 g/mol. The summed E-state index contributed by atoms with van der Waals surface area (Å²) in [7, 11) is 0. The zero-order valence-electron chi connectivity index (χ0n) is 12.2. The van der Waals surface area contributed by atoms with Gasteiger partial charge in [-0.3, -0.25) is 0 Å². The monoisotopic (exact) mass is 296 g/mol. The Labute approximate surface area is 124 Å². The topological polar surface area (TPSA) is 90.2 Å². The van der Waals surface area contributed by atoms with Gasteiger partial charge >= 0.3 is 0 Å². The molecule has 1 aromatic rings. The van der Waals surface area contributed by atoms with Gasteiger partial charge in [0.1, 0.15) is 18.3 Å².